The third-order valence-electron chi connectivity index (χ3n) is 2.79. The summed E-state index contributed by atoms with van der Waals surface area (Å²) in [5, 5.41) is 0. The van der Waals surface area contributed by atoms with Crippen LogP contribution in [0.25, 0.3) is 0 Å². The largest absolute Gasteiger partial charge is 0.356 e. The molecule has 0 aromatic carbocycles. The average molecular weight is 158 g/mol. The zero-order valence-electron chi connectivity index (χ0n) is 7.83. The molecule has 1 aliphatic rings. The molecule has 2 unspecified atom stereocenters. The molecule has 66 valence electrons. The van der Waals surface area contributed by atoms with E-state index in [1.807, 2.05) is 0 Å². The van der Waals surface area contributed by atoms with Crippen LogP contribution < -0.4 is 0 Å². The summed E-state index contributed by atoms with van der Waals surface area (Å²) in [6.07, 6.45) is 1.51. The molecule has 1 heterocycles. The third kappa shape index (κ3) is 1.57. The fourth-order valence-electron chi connectivity index (χ4n) is 1.74. The molecule has 11 heavy (non-hydrogen) atoms. The Morgan fingerprint density at radius 2 is 1.91 bits per heavy atom. The summed E-state index contributed by atoms with van der Waals surface area (Å²) in [7, 11) is 1.71. The Hall–Kier alpha value is -0.0800. The summed E-state index contributed by atoms with van der Waals surface area (Å²) in [5.41, 5.74) is 0. The number of hydrogen-bond acceptors (Lipinski definition) is 2. The van der Waals surface area contributed by atoms with E-state index >= 15 is 0 Å². The van der Waals surface area contributed by atoms with Crippen molar-refractivity contribution in [2.75, 3.05) is 7.11 Å². The third-order valence-corrected chi connectivity index (χ3v) is 2.79. The fraction of sp³-hybridized carbons (Fsp3) is 1.00. The van der Waals surface area contributed by atoms with E-state index in [1.165, 1.54) is 0 Å². The van der Waals surface area contributed by atoms with Gasteiger partial charge in [0.25, 0.3) is 0 Å². The normalized spacial score (nSPS) is 44.7. The number of methoxy groups -OCH3 is 1. The Bertz CT molecular complexity index is 107. The van der Waals surface area contributed by atoms with Crippen molar-refractivity contribution in [3.05, 3.63) is 0 Å². The zero-order valence-corrected chi connectivity index (χ0v) is 7.83. The number of hydrogen-bond donors (Lipinski definition) is 0. The number of rotatable bonds is 2. The van der Waals surface area contributed by atoms with Gasteiger partial charge in [-0.25, -0.2) is 0 Å². The van der Waals surface area contributed by atoms with Crippen LogP contribution in [0.4, 0.5) is 0 Å². The van der Waals surface area contributed by atoms with Gasteiger partial charge in [0.2, 0.25) is 0 Å². The standard InChI is InChI=1S/C9H18O2/c1-5-8-6(2)7(3)9(10-4)11-8/h6-9H,5H2,1-4H3/t6-,7?,8-,9?/m1/s1. The van der Waals surface area contributed by atoms with Crippen LogP contribution in [0.5, 0.6) is 0 Å². The molecule has 0 N–H and O–H groups in total. The Morgan fingerprint density at radius 3 is 2.18 bits per heavy atom. The Morgan fingerprint density at radius 1 is 1.27 bits per heavy atom. The number of ether oxygens (including phenoxy) is 2. The monoisotopic (exact) mass is 158 g/mol. The van der Waals surface area contributed by atoms with E-state index in [-0.39, 0.29) is 6.29 Å². The maximum atomic E-state index is 5.66. The van der Waals surface area contributed by atoms with E-state index in [1.54, 1.807) is 7.11 Å². The van der Waals surface area contributed by atoms with Gasteiger partial charge in [0.05, 0.1) is 6.10 Å². The molecule has 2 heteroatoms. The lowest BCUT2D eigenvalue weighted by Crippen LogP contribution is -2.17. The smallest absolute Gasteiger partial charge is 0.160 e. The summed E-state index contributed by atoms with van der Waals surface area (Å²) >= 11 is 0. The predicted molar refractivity (Wildman–Crippen MR) is 44.3 cm³/mol. The van der Waals surface area contributed by atoms with Crippen LogP contribution in [0.1, 0.15) is 27.2 Å². The van der Waals surface area contributed by atoms with Crippen molar-refractivity contribution in [1.29, 1.82) is 0 Å². The highest BCUT2D eigenvalue weighted by Gasteiger charge is 2.37. The minimum absolute atomic E-state index is 0.0231. The molecule has 1 fully saturated rings. The molecule has 0 aromatic rings. The molecule has 1 rings (SSSR count). The molecule has 0 radical (unpaired) electrons. The summed E-state index contributed by atoms with van der Waals surface area (Å²) in [5.74, 6) is 1.16. The Kier molecular flexibility index (Phi) is 2.90. The first-order valence-electron chi connectivity index (χ1n) is 4.39. The molecular formula is C9H18O2. The van der Waals surface area contributed by atoms with Gasteiger partial charge in [-0.05, 0) is 12.3 Å². The van der Waals surface area contributed by atoms with Crippen molar-refractivity contribution >= 4 is 0 Å². The van der Waals surface area contributed by atoms with Gasteiger partial charge in [-0.15, -0.1) is 0 Å². The van der Waals surface area contributed by atoms with Gasteiger partial charge in [-0.3, -0.25) is 0 Å². The molecule has 1 saturated heterocycles. The Labute approximate surface area is 68.9 Å². The van der Waals surface area contributed by atoms with Crippen LogP contribution in [0, 0.1) is 11.8 Å². The molecule has 1 aliphatic heterocycles. The van der Waals surface area contributed by atoms with Gasteiger partial charge in [0.1, 0.15) is 0 Å². The topological polar surface area (TPSA) is 18.5 Å². The fourth-order valence-corrected chi connectivity index (χ4v) is 1.74. The van der Waals surface area contributed by atoms with Crippen LogP contribution in [-0.2, 0) is 9.47 Å². The van der Waals surface area contributed by atoms with Gasteiger partial charge in [-0.1, -0.05) is 20.8 Å². The van der Waals surface area contributed by atoms with Gasteiger partial charge >= 0.3 is 0 Å². The van der Waals surface area contributed by atoms with Crippen molar-refractivity contribution in [1.82, 2.24) is 0 Å². The van der Waals surface area contributed by atoms with Crippen molar-refractivity contribution < 1.29 is 9.47 Å². The molecule has 2 nitrogen and oxygen atoms in total. The zero-order chi connectivity index (χ0) is 8.43. The van der Waals surface area contributed by atoms with E-state index in [0.717, 1.165) is 6.42 Å². The highest BCUT2D eigenvalue weighted by atomic mass is 16.7. The lowest BCUT2D eigenvalue weighted by Gasteiger charge is -2.13. The average Bonchev–Trinajstić information content (AvgIpc) is 2.30. The lowest BCUT2D eigenvalue weighted by atomic mass is 9.92. The Balaban J connectivity index is 2.53. The van der Waals surface area contributed by atoms with Crippen LogP contribution in [0.3, 0.4) is 0 Å². The minimum Gasteiger partial charge on any atom is -0.356 e. The van der Waals surface area contributed by atoms with Gasteiger partial charge < -0.3 is 9.47 Å². The van der Waals surface area contributed by atoms with Crippen LogP contribution in [0.15, 0.2) is 0 Å². The minimum atomic E-state index is 0.0231. The maximum absolute atomic E-state index is 5.66. The molecule has 0 amide bonds. The van der Waals surface area contributed by atoms with Crippen LogP contribution >= 0.6 is 0 Å². The highest BCUT2D eigenvalue weighted by Crippen LogP contribution is 2.33. The first-order valence-corrected chi connectivity index (χ1v) is 4.39. The molecule has 0 spiro atoms. The molecule has 0 aromatic heterocycles. The molecule has 0 aliphatic carbocycles. The van der Waals surface area contributed by atoms with E-state index < -0.39 is 0 Å². The van der Waals surface area contributed by atoms with Gasteiger partial charge in [0, 0.05) is 13.0 Å². The molecule has 4 atom stereocenters. The highest BCUT2D eigenvalue weighted by molar-refractivity contribution is 4.80. The second-order valence-electron chi connectivity index (χ2n) is 3.41. The van der Waals surface area contributed by atoms with E-state index in [0.29, 0.717) is 17.9 Å². The van der Waals surface area contributed by atoms with Gasteiger partial charge in [-0.2, -0.15) is 0 Å². The summed E-state index contributed by atoms with van der Waals surface area (Å²) in [6.45, 7) is 6.58. The molecule has 0 bridgehead atoms. The summed E-state index contributed by atoms with van der Waals surface area (Å²) in [6, 6.07) is 0. The van der Waals surface area contributed by atoms with Crippen LogP contribution in [0.2, 0.25) is 0 Å². The first kappa shape index (κ1) is 9.01. The SMILES string of the molecule is CC[C@H]1OC(OC)C(C)[C@H]1C. The van der Waals surface area contributed by atoms with Crippen molar-refractivity contribution in [2.24, 2.45) is 11.8 Å². The summed E-state index contributed by atoms with van der Waals surface area (Å²) in [4.78, 5) is 0. The molecular weight excluding hydrogens is 140 g/mol. The second-order valence-corrected chi connectivity index (χ2v) is 3.41. The second kappa shape index (κ2) is 3.55. The maximum Gasteiger partial charge on any atom is 0.160 e. The van der Waals surface area contributed by atoms with Gasteiger partial charge in [0.15, 0.2) is 6.29 Å². The first-order chi connectivity index (χ1) is 5.20. The van der Waals surface area contributed by atoms with E-state index in [2.05, 4.69) is 20.8 Å². The van der Waals surface area contributed by atoms with E-state index in [4.69, 9.17) is 9.47 Å². The van der Waals surface area contributed by atoms with Crippen LogP contribution in [-0.4, -0.2) is 19.5 Å². The summed E-state index contributed by atoms with van der Waals surface area (Å²) < 4.78 is 10.9. The molecule has 0 saturated carbocycles. The van der Waals surface area contributed by atoms with Crippen molar-refractivity contribution in [3.63, 3.8) is 0 Å². The quantitative estimate of drug-likeness (QED) is 0.612. The van der Waals surface area contributed by atoms with Crippen molar-refractivity contribution in [3.8, 4) is 0 Å². The van der Waals surface area contributed by atoms with Crippen molar-refractivity contribution in [2.45, 2.75) is 39.6 Å². The van der Waals surface area contributed by atoms with E-state index in [9.17, 15) is 0 Å². The predicted octanol–water partition coefficient (Wildman–Crippen LogP) is 2.04. The lowest BCUT2D eigenvalue weighted by molar-refractivity contribution is -0.129.